The van der Waals surface area contributed by atoms with Crippen molar-refractivity contribution in [3.8, 4) is 0 Å². The maximum atomic E-state index is 11.9. The van der Waals surface area contributed by atoms with Gasteiger partial charge in [-0.15, -0.1) is 13.2 Å². The second-order valence-corrected chi connectivity index (χ2v) is 5.48. The molecule has 0 aromatic carbocycles. The van der Waals surface area contributed by atoms with E-state index in [1.54, 1.807) is 0 Å². The Labute approximate surface area is 106 Å². The summed E-state index contributed by atoms with van der Waals surface area (Å²) in [7, 11) is 0. The molecule has 0 aromatic rings. The lowest BCUT2D eigenvalue weighted by molar-refractivity contribution is -0.325. The molecule has 1 aliphatic carbocycles. The second-order valence-electron chi connectivity index (χ2n) is 5.48. The SMILES string of the molecule is CC1CNC2(CCCC2)CN1CCOC(F)(F)F. The van der Waals surface area contributed by atoms with Gasteiger partial charge in [-0.25, -0.2) is 0 Å². The van der Waals surface area contributed by atoms with E-state index in [2.05, 4.69) is 15.0 Å². The van der Waals surface area contributed by atoms with Gasteiger partial charge in [0.2, 0.25) is 0 Å². The van der Waals surface area contributed by atoms with E-state index >= 15 is 0 Å². The predicted molar refractivity (Wildman–Crippen MR) is 62.2 cm³/mol. The highest BCUT2D eigenvalue weighted by atomic mass is 19.4. The molecule has 18 heavy (non-hydrogen) atoms. The lowest BCUT2D eigenvalue weighted by Gasteiger charge is -2.45. The Kier molecular flexibility index (Phi) is 4.18. The van der Waals surface area contributed by atoms with Crippen LogP contribution < -0.4 is 5.32 Å². The molecule has 1 saturated heterocycles. The summed E-state index contributed by atoms with van der Waals surface area (Å²) in [4.78, 5) is 2.12. The summed E-state index contributed by atoms with van der Waals surface area (Å²) in [5.74, 6) is 0. The number of halogens is 3. The first kappa shape index (κ1) is 14.1. The largest absolute Gasteiger partial charge is 0.522 e. The maximum absolute atomic E-state index is 11.9. The molecule has 2 aliphatic rings. The van der Waals surface area contributed by atoms with Crippen LogP contribution in [0.5, 0.6) is 0 Å². The first-order valence-corrected chi connectivity index (χ1v) is 6.60. The third kappa shape index (κ3) is 3.59. The molecule has 1 saturated carbocycles. The Morgan fingerprint density at radius 1 is 1.33 bits per heavy atom. The zero-order valence-electron chi connectivity index (χ0n) is 10.7. The van der Waals surface area contributed by atoms with E-state index in [1.807, 2.05) is 6.92 Å². The number of ether oxygens (including phenoxy) is 1. The first-order chi connectivity index (χ1) is 8.40. The molecule has 0 bridgehead atoms. The van der Waals surface area contributed by atoms with Gasteiger partial charge in [0.1, 0.15) is 0 Å². The molecule has 1 unspecified atom stereocenters. The molecule has 0 radical (unpaired) electrons. The number of nitrogens with one attached hydrogen (secondary N) is 1. The molecule has 3 nitrogen and oxygen atoms in total. The highest BCUT2D eigenvalue weighted by Gasteiger charge is 2.40. The third-order valence-corrected chi connectivity index (χ3v) is 4.11. The van der Waals surface area contributed by atoms with Gasteiger partial charge in [0.05, 0.1) is 6.61 Å². The van der Waals surface area contributed by atoms with E-state index in [-0.39, 0.29) is 18.2 Å². The van der Waals surface area contributed by atoms with Gasteiger partial charge in [0, 0.05) is 31.2 Å². The van der Waals surface area contributed by atoms with Crippen LogP contribution in [0.2, 0.25) is 0 Å². The molecule has 1 spiro atoms. The van der Waals surface area contributed by atoms with Gasteiger partial charge in [0.15, 0.2) is 0 Å². The molecule has 0 aromatic heterocycles. The molecule has 0 amide bonds. The van der Waals surface area contributed by atoms with E-state index in [1.165, 1.54) is 12.8 Å². The minimum absolute atomic E-state index is 0.144. The van der Waals surface area contributed by atoms with Crippen molar-refractivity contribution < 1.29 is 17.9 Å². The predicted octanol–water partition coefficient (Wildman–Crippen LogP) is 2.13. The molecule has 1 heterocycles. The van der Waals surface area contributed by atoms with Gasteiger partial charge in [-0.1, -0.05) is 12.8 Å². The quantitative estimate of drug-likeness (QED) is 0.847. The summed E-state index contributed by atoms with van der Waals surface area (Å²) in [6, 6.07) is 0.271. The van der Waals surface area contributed by atoms with Crippen LogP contribution in [-0.4, -0.2) is 49.1 Å². The van der Waals surface area contributed by atoms with Crippen molar-refractivity contribution in [2.45, 2.75) is 50.6 Å². The number of rotatable bonds is 3. The molecule has 1 atom stereocenters. The highest BCUT2D eigenvalue weighted by molar-refractivity contribution is 5.00. The first-order valence-electron chi connectivity index (χ1n) is 6.60. The minimum atomic E-state index is -4.51. The molecule has 6 heteroatoms. The van der Waals surface area contributed by atoms with Crippen LogP contribution in [0.15, 0.2) is 0 Å². The lowest BCUT2D eigenvalue weighted by Crippen LogP contribution is -2.62. The van der Waals surface area contributed by atoms with Gasteiger partial charge in [-0.2, -0.15) is 0 Å². The Morgan fingerprint density at radius 2 is 2.00 bits per heavy atom. The lowest BCUT2D eigenvalue weighted by atomic mass is 9.92. The molecule has 106 valence electrons. The van der Waals surface area contributed by atoms with Crippen molar-refractivity contribution in [2.75, 3.05) is 26.2 Å². The molecule has 1 aliphatic heterocycles. The Balaban J connectivity index is 1.82. The van der Waals surface area contributed by atoms with Crippen molar-refractivity contribution in [3.63, 3.8) is 0 Å². The van der Waals surface area contributed by atoms with Crippen molar-refractivity contribution in [2.24, 2.45) is 0 Å². The highest BCUT2D eigenvalue weighted by Crippen LogP contribution is 2.33. The van der Waals surface area contributed by atoms with Crippen LogP contribution in [0.4, 0.5) is 13.2 Å². The summed E-state index contributed by atoms with van der Waals surface area (Å²) in [5, 5.41) is 3.58. The Morgan fingerprint density at radius 3 is 2.61 bits per heavy atom. The van der Waals surface area contributed by atoms with Gasteiger partial charge < -0.3 is 5.32 Å². The number of hydrogen-bond donors (Lipinski definition) is 1. The van der Waals surface area contributed by atoms with Gasteiger partial charge in [0.25, 0.3) is 0 Å². The monoisotopic (exact) mass is 266 g/mol. The minimum Gasteiger partial charge on any atom is -0.308 e. The summed E-state index contributed by atoms with van der Waals surface area (Å²) in [5.41, 5.74) is 0.144. The average molecular weight is 266 g/mol. The molecule has 2 fully saturated rings. The number of alkyl halides is 3. The van der Waals surface area contributed by atoms with Gasteiger partial charge in [-0.3, -0.25) is 9.64 Å². The molecule has 2 rings (SSSR count). The topological polar surface area (TPSA) is 24.5 Å². The summed E-state index contributed by atoms with van der Waals surface area (Å²) in [6.07, 6.45) is 0.192. The average Bonchev–Trinajstić information content (AvgIpc) is 2.71. The summed E-state index contributed by atoms with van der Waals surface area (Å²) >= 11 is 0. The molecular weight excluding hydrogens is 245 g/mol. The van der Waals surface area contributed by atoms with Crippen LogP contribution in [0.3, 0.4) is 0 Å². The van der Waals surface area contributed by atoms with Crippen molar-refractivity contribution in [1.82, 2.24) is 10.2 Å². The van der Waals surface area contributed by atoms with E-state index in [9.17, 15) is 13.2 Å². The second kappa shape index (κ2) is 5.35. The van der Waals surface area contributed by atoms with Crippen LogP contribution >= 0.6 is 0 Å². The van der Waals surface area contributed by atoms with Gasteiger partial charge >= 0.3 is 6.36 Å². The smallest absolute Gasteiger partial charge is 0.308 e. The van der Waals surface area contributed by atoms with Crippen molar-refractivity contribution in [3.05, 3.63) is 0 Å². The fraction of sp³-hybridized carbons (Fsp3) is 1.00. The van der Waals surface area contributed by atoms with Crippen LogP contribution in [-0.2, 0) is 4.74 Å². The van der Waals surface area contributed by atoms with E-state index in [4.69, 9.17) is 0 Å². The third-order valence-electron chi connectivity index (χ3n) is 4.11. The molecule has 1 N–H and O–H groups in total. The maximum Gasteiger partial charge on any atom is 0.522 e. The number of piperazine rings is 1. The van der Waals surface area contributed by atoms with Crippen molar-refractivity contribution >= 4 is 0 Å². The Bertz CT molecular complexity index is 277. The van der Waals surface area contributed by atoms with Crippen LogP contribution in [0.1, 0.15) is 32.6 Å². The van der Waals surface area contributed by atoms with E-state index in [0.29, 0.717) is 6.54 Å². The normalized spacial score (nSPS) is 29.0. The Hall–Kier alpha value is -0.330. The van der Waals surface area contributed by atoms with Gasteiger partial charge in [-0.05, 0) is 19.8 Å². The zero-order chi connectivity index (χ0) is 13.2. The van der Waals surface area contributed by atoms with E-state index in [0.717, 1.165) is 25.9 Å². The number of hydrogen-bond acceptors (Lipinski definition) is 3. The fourth-order valence-electron chi connectivity index (χ4n) is 3.06. The van der Waals surface area contributed by atoms with Crippen LogP contribution in [0, 0.1) is 0 Å². The standard InChI is InChI=1S/C12H21F3N2O/c1-10-8-16-11(4-2-3-5-11)9-17(10)6-7-18-12(13,14)15/h10,16H,2-9H2,1H3. The fourth-order valence-corrected chi connectivity index (χ4v) is 3.06. The zero-order valence-corrected chi connectivity index (χ0v) is 10.7. The molecular formula is C12H21F3N2O. The summed E-state index contributed by atoms with van der Waals surface area (Å²) < 4.78 is 39.7. The van der Waals surface area contributed by atoms with Crippen LogP contribution in [0.25, 0.3) is 0 Å². The van der Waals surface area contributed by atoms with Crippen molar-refractivity contribution in [1.29, 1.82) is 0 Å². The number of nitrogens with zero attached hydrogens (tertiary/aromatic N) is 1. The van der Waals surface area contributed by atoms with E-state index < -0.39 is 6.36 Å². The summed E-state index contributed by atoms with van der Waals surface area (Å²) in [6.45, 7) is 3.82.